The molecule has 1 aliphatic rings. The number of benzene rings is 1. The summed E-state index contributed by atoms with van der Waals surface area (Å²) in [5.41, 5.74) is 0.801. The first-order valence-corrected chi connectivity index (χ1v) is 6.34. The fourth-order valence-corrected chi connectivity index (χ4v) is 2.14. The van der Waals surface area contributed by atoms with Crippen molar-refractivity contribution in [2.24, 2.45) is 5.41 Å². The number of aliphatic carboxylic acids is 1. The lowest BCUT2D eigenvalue weighted by molar-refractivity contribution is -0.143. The van der Waals surface area contributed by atoms with Crippen molar-refractivity contribution in [3.8, 4) is 0 Å². The first-order chi connectivity index (χ1) is 9.62. The topological polar surface area (TPSA) is 92.2 Å². The maximum Gasteiger partial charge on any atom is 0.311 e. The minimum atomic E-state index is -0.851. The number of hydrogen-bond acceptors (Lipinski definition) is 4. The fraction of sp³-hybridized carbons (Fsp3) is 0.286. The van der Waals surface area contributed by atoms with Gasteiger partial charge in [0, 0.05) is 18.9 Å². The molecule has 0 unspecified atom stereocenters. The van der Waals surface area contributed by atoms with Gasteiger partial charge in [-0.3, -0.25) is 19.6 Å². The zero-order valence-electron chi connectivity index (χ0n) is 10.7. The van der Waals surface area contributed by atoms with Gasteiger partial charge in [-0.1, -0.05) is 6.07 Å². The van der Waals surface area contributed by atoms with Gasteiger partial charge in [-0.25, -0.2) is 0 Å². The number of fused-ring (bicyclic) bond motifs is 1. The standard InChI is InChI=1S/C14H13N3O3/c18-12(17-8-14(4-5-14)13(19)20)9-2-1-3-10-11(9)16-7-6-15-10/h1-3,6-7H,4-5,8H2,(H,17,18)(H,19,20). The van der Waals surface area contributed by atoms with E-state index < -0.39 is 11.4 Å². The largest absolute Gasteiger partial charge is 0.481 e. The van der Waals surface area contributed by atoms with Crippen LogP contribution in [-0.4, -0.2) is 33.5 Å². The van der Waals surface area contributed by atoms with E-state index in [9.17, 15) is 9.59 Å². The smallest absolute Gasteiger partial charge is 0.311 e. The zero-order chi connectivity index (χ0) is 14.2. The third-order valence-electron chi connectivity index (χ3n) is 3.64. The minimum absolute atomic E-state index is 0.151. The van der Waals surface area contributed by atoms with E-state index in [1.807, 2.05) is 0 Å². The first-order valence-electron chi connectivity index (χ1n) is 6.34. The van der Waals surface area contributed by atoms with Crippen molar-refractivity contribution < 1.29 is 14.7 Å². The molecule has 2 N–H and O–H groups in total. The molecule has 0 radical (unpaired) electrons. The van der Waals surface area contributed by atoms with E-state index >= 15 is 0 Å². The number of rotatable bonds is 4. The van der Waals surface area contributed by atoms with Crippen LogP contribution in [-0.2, 0) is 4.79 Å². The van der Waals surface area contributed by atoms with Crippen LogP contribution in [0, 0.1) is 5.41 Å². The number of carbonyl (C=O) groups excluding carboxylic acids is 1. The molecule has 6 nitrogen and oxygen atoms in total. The summed E-state index contributed by atoms with van der Waals surface area (Å²) in [5, 5.41) is 11.8. The van der Waals surface area contributed by atoms with Crippen LogP contribution < -0.4 is 5.32 Å². The van der Waals surface area contributed by atoms with Gasteiger partial charge in [0.15, 0.2) is 0 Å². The van der Waals surface area contributed by atoms with Gasteiger partial charge in [0.25, 0.3) is 5.91 Å². The molecule has 2 aromatic rings. The molecule has 0 bridgehead atoms. The van der Waals surface area contributed by atoms with E-state index in [4.69, 9.17) is 5.11 Å². The second-order valence-corrected chi connectivity index (χ2v) is 5.00. The van der Waals surface area contributed by atoms with E-state index in [1.54, 1.807) is 24.4 Å². The number of carboxylic acid groups (broad SMARTS) is 1. The molecule has 3 rings (SSSR count). The molecule has 1 amide bonds. The van der Waals surface area contributed by atoms with E-state index in [1.165, 1.54) is 6.20 Å². The maximum atomic E-state index is 12.2. The Labute approximate surface area is 114 Å². The molecule has 0 saturated heterocycles. The quantitative estimate of drug-likeness (QED) is 0.872. The van der Waals surface area contributed by atoms with Crippen LogP contribution >= 0.6 is 0 Å². The summed E-state index contributed by atoms with van der Waals surface area (Å²) in [7, 11) is 0. The highest BCUT2D eigenvalue weighted by Gasteiger charge is 2.50. The van der Waals surface area contributed by atoms with E-state index in [-0.39, 0.29) is 12.5 Å². The second kappa shape index (κ2) is 4.56. The van der Waals surface area contributed by atoms with E-state index in [0.717, 1.165) is 0 Å². The Bertz CT molecular complexity index is 690. The number of amides is 1. The number of nitrogens with zero attached hydrogens (tertiary/aromatic N) is 2. The highest BCUT2D eigenvalue weighted by Crippen LogP contribution is 2.45. The number of carboxylic acids is 1. The van der Waals surface area contributed by atoms with Crippen LogP contribution in [0.3, 0.4) is 0 Å². The monoisotopic (exact) mass is 271 g/mol. The van der Waals surface area contributed by atoms with Gasteiger partial charge in [0.2, 0.25) is 0 Å². The summed E-state index contributed by atoms with van der Waals surface area (Å²) < 4.78 is 0. The number of para-hydroxylation sites is 1. The predicted molar refractivity (Wildman–Crippen MR) is 71.2 cm³/mol. The van der Waals surface area contributed by atoms with Gasteiger partial charge >= 0.3 is 5.97 Å². The highest BCUT2D eigenvalue weighted by molar-refractivity contribution is 6.04. The molecule has 0 spiro atoms. The van der Waals surface area contributed by atoms with Crippen LogP contribution in [0.15, 0.2) is 30.6 Å². The molecular weight excluding hydrogens is 258 g/mol. The Morgan fingerprint density at radius 2 is 2.00 bits per heavy atom. The maximum absolute atomic E-state index is 12.2. The lowest BCUT2D eigenvalue weighted by atomic mass is 10.1. The summed E-state index contributed by atoms with van der Waals surface area (Å²) in [6.45, 7) is 0.151. The van der Waals surface area contributed by atoms with Crippen LogP contribution in [0.25, 0.3) is 11.0 Å². The molecule has 0 atom stereocenters. The molecule has 1 saturated carbocycles. The van der Waals surface area contributed by atoms with E-state index in [0.29, 0.717) is 29.4 Å². The average molecular weight is 271 g/mol. The normalized spacial score (nSPS) is 15.8. The lowest BCUT2D eigenvalue weighted by Crippen LogP contribution is -2.34. The molecule has 1 fully saturated rings. The Balaban J connectivity index is 1.81. The third kappa shape index (κ3) is 2.09. The summed E-state index contributed by atoms with van der Waals surface area (Å²) in [6, 6.07) is 5.17. The van der Waals surface area contributed by atoms with Crippen molar-refractivity contribution in [1.82, 2.24) is 15.3 Å². The summed E-state index contributed by atoms with van der Waals surface area (Å²) in [4.78, 5) is 31.6. The molecule has 1 aromatic carbocycles. The van der Waals surface area contributed by atoms with Crippen LogP contribution in [0.2, 0.25) is 0 Å². The van der Waals surface area contributed by atoms with Crippen molar-refractivity contribution in [3.63, 3.8) is 0 Å². The van der Waals surface area contributed by atoms with Crippen LogP contribution in [0.4, 0.5) is 0 Å². The molecule has 20 heavy (non-hydrogen) atoms. The van der Waals surface area contributed by atoms with Crippen molar-refractivity contribution in [1.29, 1.82) is 0 Å². The third-order valence-corrected chi connectivity index (χ3v) is 3.64. The second-order valence-electron chi connectivity index (χ2n) is 5.00. The van der Waals surface area contributed by atoms with Gasteiger partial charge < -0.3 is 10.4 Å². The molecule has 1 aromatic heterocycles. The molecule has 1 heterocycles. The Morgan fingerprint density at radius 1 is 1.25 bits per heavy atom. The Morgan fingerprint density at radius 3 is 2.70 bits per heavy atom. The summed E-state index contributed by atoms with van der Waals surface area (Å²) in [6.07, 6.45) is 4.31. The predicted octanol–water partition coefficient (Wildman–Crippen LogP) is 1.22. The molecular formula is C14H13N3O3. The Kier molecular flexibility index (Phi) is 2.85. The van der Waals surface area contributed by atoms with Crippen molar-refractivity contribution in [3.05, 3.63) is 36.2 Å². The molecule has 102 valence electrons. The molecule has 6 heteroatoms. The van der Waals surface area contributed by atoms with E-state index in [2.05, 4.69) is 15.3 Å². The van der Waals surface area contributed by atoms with Gasteiger partial charge in [-0.2, -0.15) is 0 Å². The highest BCUT2D eigenvalue weighted by atomic mass is 16.4. The fourth-order valence-electron chi connectivity index (χ4n) is 2.14. The number of aromatic nitrogens is 2. The van der Waals surface area contributed by atoms with Gasteiger partial charge in [0.1, 0.15) is 5.52 Å². The van der Waals surface area contributed by atoms with Crippen molar-refractivity contribution >= 4 is 22.9 Å². The number of carbonyl (C=O) groups is 2. The molecule has 1 aliphatic carbocycles. The minimum Gasteiger partial charge on any atom is -0.481 e. The van der Waals surface area contributed by atoms with Gasteiger partial charge in [0.05, 0.1) is 16.5 Å². The van der Waals surface area contributed by atoms with Gasteiger partial charge in [-0.05, 0) is 25.0 Å². The SMILES string of the molecule is O=C(NCC1(C(=O)O)CC1)c1cccc2nccnc12. The lowest BCUT2D eigenvalue weighted by Gasteiger charge is -2.11. The zero-order valence-corrected chi connectivity index (χ0v) is 10.7. The average Bonchev–Trinajstić information content (AvgIpc) is 3.25. The van der Waals surface area contributed by atoms with Gasteiger partial charge in [-0.15, -0.1) is 0 Å². The first kappa shape index (κ1) is 12.5. The number of hydrogen-bond donors (Lipinski definition) is 2. The number of nitrogens with one attached hydrogen (secondary N) is 1. The van der Waals surface area contributed by atoms with Crippen LogP contribution in [0.5, 0.6) is 0 Å². The van der Waals surface area contributed by atoms with Crippen molar-refractivity contribution in [2.45, 2.75) is 12.8 Å². The summed E-state index contributed by atoms with van der Waals surface area (Å²) in [5.74, 6) is -1.17. The Hall–Kier alpha value is -2.50. The summed E-state index contributed by atoms with van der Waals surface area (Å²) >= 11 is 0. The van der Waals surface area contributed by atoms with Crippen molar-refractivity contribution in [2.75, 3.05) is 6.54 Å². The van der Waals surface area contributed by atoms with Crippen LogP contribution in [0.1, 0.15) is 23.2 Å². The molecule has 0 aliphatic heterocycles.